The normalized spacial score (nSPS) is 10.0. The highest BCUT2D eigenvalue weighted by atomic mass is 79.9. The number of nitrogens with zero attached hydrogens (tertiary/aromatic N) is 1. The van der Waals surface area contributed by atoms with Gasteiger partial charge in [-0.25, -0.2) is 0 Å². The fourth-order valence-corrected chi connectivity index (χ4v) is 1.44. The number of halogens is 3. The second-order valence-corrected chi connectivity index (χ2v) is 3.15. The predicted octanol–water partition coefficient (Wildman–Crippen LogP) is 2.64. The molecule has 0 aliphatic carbocycles. The Bertz CT molecular complexity index is 397. The van der Waals surface area contributed by atoms with Crippen molar-refractivity contribution in [2.24, 2.45) is 0 Å². The van der Waals surface area contributed by atoms with Crippen molar-refractivity contribution in [3.63, 3.8) is 0 Å². The Morgan fingerprint density at radius 2 is 2.07 bits per heavy atom. The molecule has 0 unspecified atom stereocenters. The number of benzene rings is 1. The average molecular weight is 268 g/mol. The van der Waals surface area contributed by atoms with Crippen molar-refractivity contribution in [1.82, 2.24) is 0 Å². The summed E-state index contributed by atoms with van der Waals surface area (Å²) in [6, 6.07) is 0.844. The van der Waals surface area contributed by atoms with Gasteiger partial charge in [-0.1, -0.05) is 0 Å². The summed E-state index contributed by atoms with van der Waals surface area (Å²) in [5.41, 5.74) is -0.935. The lowest BCUT2D eigenvalue weighted by atomic mass is 10.3. The van der Waals surface area contributed by atoms with Crippen LogP contribution in [0.3, 0.4) is 0 Å². The molecule has 14 heavy (non-hydrogen) atoms. The van der Waals surface area contributed by atoms with E-state index in [4.69, 9.17) is 0 Å². The molecule has 0 fully saturated rings. The first-order chi connectivity index (χ1) is 6.49. The number of methoxy groups -OCH3 is 1. The largest absolute Gasteiger partial charge is 0.492 e. The van der Waals surface area contributed by atoms with Gasteiger partial charge in [0.1, 0.15) is 0 Å². The molecule has 1 aromatic carbocycles. The molecule has 1 rings (SSSR count). The molecule has 4 nitrogen and oxygen atoms in total. The van der Waals surface area contributed by atoms with E-state index in [9.17, 15) is 18.9 Å². The minimum atomic E-state index is -1.53. The van der Waals surface area contributed by atoms with E-state index in [2.05, 4.69) is 20.7 Å². The Hall–Kier alpha value is -1.24. The molecule has 0 atom stereocenters. The highest BCUT2D eigenvalue weighted by molar-refractivity contribution is 9.10. The van der Waals surface area contributed by atoms with E-state index < -0.39 is 28.0 Å². The molecule has 0 aliphatic heterocycles. The second-order valence-electron chi connectivity index (χ2n) is 2.30. The summed E-state index contributed by atoms with van der Waals surface area (Å²) in [6.07, 6.45) is 0. The molecule has 0 N–H and O–H groups in total. The lowest BCUT2D eigenvalue weighted by molar-refractivity contribution is -0.387. The summed E-state index contributed by atoms with van der Waals surface area (Å²) < 4.78 is 30.5. The minimum Gasteiger partial charge on any atom is -0.492 e. The van der Waals surface area contributed by atoms with Crippen molar-refractivity contribution in [2.45, 2.75) is 0 Å². The van der Waals surface area contributed by atoms with Gasteiger partial charge in [-0.3, -0.25) is 10.1 Å². The molecule has 0 radical (unpaired) electrons. The van der Waals surface area contributed by atoms with Crippen LogP contribution in [0.5, 0.6) is 5.75 Å². The van der Waals surface area contributed by atoms with Gasteiger partial charge in [0, 0.05) is 6.07 Å². The Kier molecular flexibility index (Phi) is 3.00. The van der Waals surface area contributed by atoms with Crippen LogP contribution >= 0.6 is 15.9 Å². The van der Waals surface area contributed by atoms with Gasteiger partial charge in [-0.2, -0.15) is 8.78 Å². The zero-order valence-electron chi connectivity index (χ0n) is 6.88. The quantitative estimate of drug-likeness (QED) is 0.470. The maximum absolute atomic E-state index is 13.0. The number of nitro benzene ring substituents is 1. The van der Waals surface area contributed by atoms with Crippen LogP contribution in [0, 0.1) is 21.7 Å². The van der Waals surface area contributed by atoms with Gasteiger partial charge in [0.15, 0.2) is 5.75 Å². The van der Waals surface area contributed by atoms with Gasteiger partial charge in [0.05, 0.1) is 16.5 Å². The van der Waals surface area contributed by atoms with Gasteiger partial charge in [0.25, 0.3) is 0 Å². The van der Waals surface area contributed by atoms with E-state index in [0.29, 0.717) is 0 Å². The third-order valence-electron chi connectivity index (χ3n) is 1.50. The van der Waals surface area contributed by atoms with Crippen LogP contribution in [0.15, 0.2) is 10.5 Å². The lowest BCUT2D eigenvalue weighted by Crippen LogP contribution is -1.99. The first-order valence-corrected chi connectivity index (χ1v) is 4.14. The van der Waals surface area contributed by atoms with Gasteiger partial charge < -0.3 is 4.74 Å². The van der Waals surface area contributed by atoms with Gasteiger partial charge >= 0.3 is 5.69 Å². The van der Waals surface area contributed by atoms with Crippen LogP contribution in [-0.2, 0) is 0 Å². The number of hydrogen-bond donors (Lipinski definition) is 0. The van der Waals surface area contributed by atoms with E-state index in [1.54, 1.807) is 0 Å². The molecule has 0 spiro atoms. The average Bonchev–Trinajstić information content (AvgIpc) is 2.12. The lowest BCUT2D eigenvalue weighted by Gasteiger charge is -2.05. The zero-order valence-corrected chi connectivity index (χ0v) is 8.47. The van der Waals surface area contributed by atoms with Crippen LogP contribution in [0.4, 0.5) is 14.5 Å². The van der Waals surface area contributed by atoms with Crippen molar-refractivity contribution in [3.05, 3.63) is 32.3 Å². The van der Waals surface area contributed by atoms with Gasteiger partial charge in [-0.15, -0.1) is 0 Å². The molecular formula is C7H4BrF2NO3. The van der Waals surface area contributed by atoms with Crippen molar-refractivity contribution < 1.29 is 18.4 Å². The Morgan fingerprint density at radius 3 is 2.50 bits per heavy atom. The van der Waals surface area contributed by atoms with E-state index in [1.807, 2.05) is 0 Å². The monoisotopic (exact) mass is 267 g/mol. The van der Waals surface area contributed by atoms with Gasteiger partial charge in [-0.05, 0) is 15.9 Å². The summed E-state index contributed by atoms with van der Waals surface area (Å²) in [7, 11) is 1.13. The van der Waals surface area contributed by atoms with E-state index in [0.717, 1.165) is 13.2 Å². The van der Waals surface area contributed by atoms with Crippen LogP contribution in [0.25, 0.3) is 0 Å². The van der Waals surface area contributed by atoms with Crippen LogP contribution < -0.4 is 4.74 Å². The standard InChI is InChI=1S/C7H4BrF2NO3/c1-14-7-3(8)2-4(11(12)13)5(9)6(7)10/h2H,1H3. The molecule has 0 saturated heterocycles. The molecule has 7 heteroatoms. The molecular weight excluding hydrogens is 264 g/mol. The predicted molar refractivity (Wildman–Crippen MR) is 47.3 cm³/mol. The van der Waals surface area contributed by atoms with Crippen molar-refractivity contribution >= 4 is 21.6 Å². The van der Waals surface area contributed by atoms with Crippen LogP contribution in [-0.4, -0.2) is 12.0 Å². The Balaban J connectivity index is 3.47. The number of nitro groups is 1. The maximum Gasteiger partial charge on any atom is 0.309 e. The van der Waals surface area contributed by atoms with Crippen molar-refractivity contribution in [1.29, 1.82) is 0 Å². The fraction of sp³-hybridized carbons (Fsp3) is 0.143. The van der Waals surface area contributed by atoms with Crippen LogP contribution in [0.2, 0.25) is 0 Å². The molecule has 0 bridgehead atoms. The minimum absolute atomic E-state index is 0.00870. The van der Waals surface area contributed by atoms with E-state index >= 15 is 0 Å². The smallest absolute Gasteiger partial charge is 0.309 e. The molecule has 0 amide bonds. The molecule has 0 heterocycles. The Labute approximate surface area is 85.8 Å². The molecule has 0 saturated carbocycles. The third kappa shape index (κ3) is 1.67. The molecule has 1 aromatic rings. The first kappa shape index (κ1) is 10.8. The van der Waals surface area contributed by atoms with Crippen molar-refractivity contribution in [3.8, 4) is 5.75 Å². The van der Waals surface area contributed by atoms with E-state index in [1.165, 1.54) is 0 Å². The zero-order chi connectivity index (χ0) is 10.9. The van der Waals surface area contributed by atoms with Crippen molar-refractivity contribution in [2.75, 3.05) is 7.11 Å². The summed E-state index contributed by atoms with van der Waals surface area (Å²) in [5, 5.41) is 10.3. The van der Waals surface area contributed by atoms with Gasteiger partial charge in [0.2, 0.25) is 11.6 Å². The van der Waals surface area contributed by atoms with Crippen LogP contribution in [0.1, 0.15) is 0 Å². The highest BCUT2D eigenvalue weighted by Crippen LogP contribution is 2.34. The molecule has 76 valence electrons. The number of ether oxygens (including phenoxy) is 1. The number of hydrogen-bond acceptors (Lipinski definition) is 3. The molecule has 0 aromatic heterocycles. The second kappa shape index (κ2) is 3.87. The third-order valence-corrected chi connectivity index (χ3v) is 2.09. The SMILES string of the molecule is COc1c(Br)cc([N+](=O)[O-])c(F)c1F. The Morgan fingerprint density at radius 1 is 1.50 bits per heavy atom. The summed E-state index contributed by atoms with van der Waals surface area (Å²) in [6.45, 7) is 0. The summed E-state index contributed by atoms with van der Waals surface area (Å²) >= 11 is 2.82. The summed E-state index contributed by atoms with van der Waals surface area (Å²) in [5.74, 6) is -3.31. The first-order valence-electron chi connectivity index (χ1n) is 3.35. The fourth-order valence-electron chi connectivity index (χ4n) is 0.886. The maximum atomic E-state index is 13.0. The highest BCUT2D eigenvalue weighted by Gasteiger charge is 2.24. The van der Waals surface area contributed by atoms with E-state index in [-0.39, 0.29) is 4.47 Å². The summed E-state index contributed by atoms with van der Waals surface area (Å²) in [4.78, 5) is 9.25. The number of rotatable bonds is 2. The molecule has 0 aliphatic rings. The topological polar surface area (TPSA) is 52.4 Å².